The van der Waals surface area contributed by atoms with Crippen LogP contribution >= 0.6 is 23.5 Å². The first-order chi connectivity index (χ1) is 20.1. The first-order valence-corrected chi connectivity index (χ1v) is 17.2. The van der Waals surface area contributed by atoms with Crippen LogP contribution in [-0.4, -0.2) is 22.2 Å². The van der Waals surface area contributed by atoms with E-state index in [4.69, 9.17) is 4.74 Å². The number of thioether (sulfide) groups is 2. The molecule has 0 amide bonds. The van der Waals surface area contributed by atoms with Crippen molar-refractivity contribution in [2.24, 2.45) is 0 Å². The Morgan fingerprint density at radius 3 is 2.02 bits per heavy atom. The highest BCUT2D eigenvalue weighted by Gasteiger charge is 2.39. The van der Waals surface area contributed by atoms with Gasteiger partial charge in [-0.25, -0.2) is 4.79 Å². The summed E-state index contributed by atoms with van der Waals surface area (Å²) in [5.74, 6) is 2.52. The van der Waals surface area contributed by atoms with E-state index in [-0.39, 0.29) is 5.97 Å². The van der Waals surface area contributed by atoms with E-state index in [1.54, 1.807) is 11.8 Å². The standard InChI is InChI=1S/C37H44O2S2/c1-3-5-7-8-13-28-40-35-22-18-32(19-23-35)31-16-20-34(21-17-31)39-36(38)37(41-29-12-6-4-2)26-24-33(25-27-37)30-14-10-9-11-15-30/h9-11,14-26H,3-8,12-13,27-29H2,1-2H3. The second kappa shape index (κ2) is 16.7. The molecule has 1 unspecified atom stereocenters. The molecule has 1 aliphatic carbocycles. The van der Waals surface area contributed by atoms with Crippen molar-refractivity contribution in [2.45, 2.75) is 81.3 Å². The molecule has 0 saturated heterocycles. The van der Waals surface area contributed by atoms with Crippen LogP contribution in [0.15, 0.2) is 102 Å². The van der Waals surface area contributed by atoms with Crippen molar-refractivity contribution in [1.29, 1.82) is 0 Å². The van der Waals surface area contributed by atoms with E-state index in [9.17, 15) is 4.79 Å². The van der Waals surface area contributed by atoms with Crippen molar-refractivity contribution >= 4 is 35.1 Å². The first-order valence-electron chi connectivity index (χ1n) is 15.3. The lowest BCUT2D eigenvalue weighted by molar-refractivity contribution is -0.135. The Labute approximate surface area is 256 Å². The van der Waals surface area contributed by atoms with Gasteiger partial charge < -0.3 is 4.74 Å². The van der Waals surface area contributed by atoms with Crippen molar-refractivity contribution in [1.82, 2.24) is 0 Å². The molecule has 0 saturated carbocycles. The Morgan fingerprint density at radius 1 is 0.732 bits per heavy atom. The number of carbonyl (C=O) groups is 1. The van der Waals surface area contributed by atoms with E-state index in [1.807, 2.05) is 54.2 Å². The van der Waals surface area contributed by atoms with Crippen LogP contribution in [0.25, 0.3) is 16.7 Å². The van der Waals surface area contributed by atoms with Crippen LogP contribution < -0.4 is 4.74 Å². The maximum absolute atomic E-state index is 13.6. The van der Waals surface area contributed by atoms with E-state index in [2.05, 4.69) is 68.5 Å². The second-order valence-electron chi connectivity index (χ2n) is 10.7. The van der Waals surface area contributed by atoms with Crippen molar-refractivity contribution in [2.75, 3.05) is 11.5 Å². The van der Waals surface area contributed by atoms with Crippen molar-refractivity contribution in [3.05, 3.63) is 103 Å². The lowest BCUT2D eigenvalue weighted by Crippen LogP contribution is -2.38. The zero-order chi connectivity index (χ0) is 28.8. The SMILES string of the molecule is CCCCCCCSc1ccc(-c2ccc(OC(=O)C3(SCCCCC)C=CC(c4ccccc4)=CC3)cc2)cc1. The van der Waals surface area contributed by atoms with Gasteiger partial charge in [0.05, 0.1) is 0 Å². The third-order valence-corrected chi connectivity index (χ3v) is 10.1. The number of esters is 1. The van der Waals surface area contributed by atoms with Gasteiger partial charge in [0.15, 0.2) is 0 Å². The summed E-state index contributed by atoms with van der Waals surface area (Å²) in [5.41, 5.74) is 4.62. The number of benzene rings is 3. The smallest absolute Gasteiger partial charge is 0.331 e. The molecule has 216 valence electrons. The minimum absolute atomic E-state index is 0.192. The third kappa shape index (κ3) is 9.41. The van der Waals surface area contributed by atoms with Crippen LogP contribution in [0.3, 0.4) is 0 Å². The summed E-state index contributed by atoms with van der Waals surface area (Å²) >= 11 is 3.66. The zero-order valence-corrected chi connectivity index (χ0v) is 26.3. The van der Waals surface area contributed by atoms with E-state index in [0.717, 1.165) is 23.3 Å². The molecule has 2 nitrogen and oxygen atoms in total. The summed E-state index contributed by atoms with van der Waals surface area (Å²) in [4.78, 5) is 14.9. The minimum Gasteiger partial charge on any atom is -0.425 e. The molecular formula is C37H44O2S2. The number of hydrogen-bond donors (Lipinski definition) is 0. The van der Waals surface area contributed by atoms with Gasteiger partial charge in [-0.15, -0.1) is 23.5 Å². The van der Waals surface area contributed by atoms with Gasteiger partial charge in [-0.3, -0.25) is 0 Å². The normalized spacial score (nSPS) is 16.4. The maximum Gasteiger partial charge on any atom is 0.331 e. The van der Waals surface area contributed by atoms with Crippen molar-refractivity contribution in [3.63, 3.8) is 0 Å². The van der Waals surface area contributed by atoms with Gasteiger partial charge in [0, 0.05) is 4.90 Å². The number of rotatable bonds is 16. The third-order valence-electron chi connectivity index (χ3n) is 7.49. The summed E-state index contributed by atoms with van der Waals surface area (Å²) in [6.45, 7) is 4.47. The Hall–Kier alpha value is -2.69. The lowest BCUT2D eigenvalue weighted by Gasteiger charge is -2.29. The quantitative estimate of drug-likeness (QED) is 0.0724. The highest BCUT2D eigenvalue weighted by atomic mass is 32.2. The molecule has 4 rings (SSSR count). The van der Waals surface area contributed by atoms with Crippen LogP contribution in [-0.2, 0) is 4.79 Å². The van der Waals surface area contributed by atoms with Gasteiger partial charge in [-0.05, 0) is 77.3 Å². The van der Waals surface area contributed by atoms with Gasteiger partial charge in [0.2, 0.25) is 0 Å². The van der Waals surface area contributed by atoms with Gasteiger partial charge in [0.1, 0.15) is 10.5 Å². The van der Waals surface area contributed by atoms with E-state index in [1.165, 1.54) is 66.7 Å². The van der Waals surface area contributed by atoms with Crippen molar-refractivity contribution in [3.8, 4) is 16.9 Å². The van der Waals surface area contributed by atoms with E-state index in [0.29, 0.717) is 12.2 Å². The average Bonchev–Trinajstić information content (AvgIpc) is 3.02. The molecule has 41 heavy (non-hydrogen) atoms. The number of unbranched alkanes of at least 4 members (excludes halogenated alkanes) is 6. The van der Waals surface area contributed by atoms with Crippen LogP contribution in [0.2, 0.25) is 0 Å². The second-order valence-corrected chi connectivity index (χ2v) is 13.3. The molecule has 4 heteroatoms. The molecule has 0 radical (unpaired) electrons. The molecule has 3 aromatic rings. The van der Waals surface area contributed by atoms with Crippen LogP contribution in [0.5, 0.6) is 5.75 Å². The Morgan fingerprint density at radius 2 is 1.37 bits per heavy atom. The molecule has 0 fully saturated rings. The number of ether oxygens (including phenoxy) is 1. The van der Waals surface area contributed by atoms with Crippen molar-refractivity contribution < 1.29 is 9.53 Å². The van der Waals surface area contributed by atoms with Gasteiger partial charge >= 0.3 is 5.97 Å². The zero-order valence-electron chi connectivity index (χ0n) is 24.6. The molecule has 3 aromatic carbocycles. The number of carbonyl (C=O) groups excluding carboxylic acids is 1. The summed E-state index contributed by atoms with van der Waals surface area (Å²) in [5, 5.41) is 0. The summed E-state index contributed by atoms with van der Waals surface area (Å²) < 4.78 is 5.30. The van der Waals surface area contributed by atoms with Gasteiger partial charge in [-0.1, -0.05) is 125 Å². The predicted molar refractivity (Wildman–Crippen MR) is 180 cm³/mol. The molecule has 0 aromatic heterocycles. The van der Waals surface area contributed by atoms with Gasteiger partial charge in [0.25, 0.3) is 0 Å². The van der Waals surface area contributed by atoms with E-state index < -0.39 is 4.75 Å². The maximum atomic E-state index is 13.6. The van der Waals surface area contributed by atoms with Crippen LogP contribution in [0.1, 0.15) is 77.2 Å². The molecular weight excluding hydrogens is 541 g/mol. The monoisotopic (exact) mass is 584 g/mol. The van der Waals surface area contributed by atoms with E-state index >= 15 is 0 Å². The molecule has 0 spiro atoms. The lowest BCUT2D eigenvalue weighted by atomic mass is 9.92. The molecule has 0 bridgehead atoms. The van der Waals surface area contributed by atoms with Crippen LogP contribution in [0, 0.1) is 0 Å². The Bertz CT molecular complexity index is 1260. The minimum atomic E-state index is -0.700. The molecule has 1 atom stereocenters. The van der Waals surface area contributed by atoms with Gasteiger partial charge in [-0.2, -0.15) is 0 Å². The fraction of sp³-hybridized carbons (Fsp3) is 0.378. The highest BCUT2D eigenvalue weighted by molar-refractivity contribution is 8.01. The Balaban J connectivity index is 1.36. The number of allylic oxidation sites excluding steroid dienone is 3. The Kier molecular flexibility index (Phi) is 12.7. The average molecular weight is 585 g/mol. The highest BCUT2D eigenvalue weighted by Crippen LogP contribution is 2.39. The van der Waals surface area contributed by atoms with Crippen LogP contribution in [0.4, 0.5) is 0 Å². The number of hydrogen-bond acceptors (Lipinski definition) is 4. The fourth-order valence-corrected chi connectivity index (χ4v) is 7.09. The first kappa shape index (κ1) is 31.3. The fourth-order valence-electron chi connectivity index (χ4n) is 4.94. The molecule has 1 aliphatic rings. The molecule has 0 aliphatic heterocycles. The molecule has 0 N–H and O–H groups in total. The summed E-state index contributed by atoms with van der Waals surface area (Å²) in [6.07, 6.45) is 17.0. The molecule has 0 heterocycles. The topological polar surface area (TPSA) is 26.3 Å². The largest absolute Gasteiger partial charge is 0.425 e. The predicted octanol–water partition coefficient (Wildman–Crippen LogP) is 11.0. The summed E-state index contributed by atoms with van der Waals surface area (Å²) in [7, 11) is 0. The summed E-state index contributed by atoms with van der Waals surface area (Å²) in [6, 6.07) is 27.1.